The largest absolute Gasteiger partial charge is 0.281 e. The fourth-order valence-electron chi connectivity index (χ4n) is 1.64. The van der Waals surface area contributed by atoms with Crippen molar-refractivity contribution >= 4 is 34.7 Å². The molecule has 1 rings (SSSR count). The quantitative estimate of drug-likeness (QED) is 0.727. The summed E-state index contributed by atoms with van der Waals surface area (Å²) in [4.78, 5) is 11.8. The highest BCUT2D eigenvalue weighted by Crippen LogP contribution is 2.30. The fraction of sp³-hybridized carbons (Fsp3) is 0.727. The van der Waals surface area contributed by atoms with Crippen molar-refractivity contribution in [2.24, 2.45) is 0 Å². The Morgan fingerprint density at radius 1 is 1.31 bits per heavy atom. The second kappa shape index (κ2) is 5.56. The van der Waals surface area contributed by atoms with E-state index in [1.54, 1.807) is 3.96 Å². The Labute approximate surface area is 110 Å². The van der Waals surface area contributed by atoms with E-state index in [-0.39, 0.29) is 16.1 Å². The van der Waals surface area contributed by atoms with Crippen LogP contribution in [0.15, 0.2) is 4.79 Å². The summed E-state index contributed by atoms with van der Waals surface area (Å²) in [6.45, 7) is 6.26. The Kier molecular flexibility index (Phi) is 4.89. The number of nitrogens with zero attached hydrogens (tertiary/aromatic N) is 1. The van der Waals surface area contributed by atoms with Crippen molar-refractivity contribution in [2.45, 2.75) is 52.0 Å². The van der Waals surface area contributed by atoms with E-state index in [0.717, 1.165) is 12.8 Å². The average molecular weight is 282 g/mol. The van der Waals surface area contributed by atoms with Crippen LogP contribution in [0.1, 0.15) is 46.5 Å². The van der Waals surface area contributed by atoms with Crippen LogP contribution in [-0.2, 0) is 5.54 Å². The lowest BCUT2D eigenvalue weighted by molar-refractivity contribution is 0.331. The third-order valence-electron chi connectivity index (χ3n) is 2.66. The van der Waals surface area contributed by atoms with E-state index in [0.29, 0.717) is 4.34 Å². The summed E-state index contributed by atoms with van der Waals surface area (Å²) in [5, 5.41) is 0.148. The van der Waals surface area contributed by atoms with Gasteiger partial charge in [-0.25, -0.2) is 0 Å². The van der Waals surface area contributed by atoms with Gasteiger partial charge in [-0.05, 0) is 31.8 Å². The van der Waals surface area contributed by atoms with Crippen molar-refractivity contribution in [3.05, 3.63) is 19.7 Å². The van der Waals surface area contributed by atoms with Crippen LogP contribution >= 0.6 is 34.7 Å². The Morgan fingerprint density at radius 2 is 1.94 bits per heavy atom. The minimum atomic E-state index is -0.201. The van der Waals surface area contributed by atoms with Crippen LogP contribution in [0, 0.1) is 0 Å². The van der Waals surface area contributed by atoms with Crippen LogP contribution in [-0.4, -0.2) is 3.96 Å². The van der Waals surface area contributed by atoms with Crippen LogP contribution < -0.4 is 5.56 Å². The van der Waals surface area contributed by atoms with Crippen LogP contribution in [0.3, 0.4) is 0 Å². The molecule has 0 aromatic carbocycles. The van der Waals surface area contributed by atoms with Crippen molar-refractivity contribution in [3.63, 3.8) is 0 Å². The summed E-state index contributed by atoms with van der Waals surface area (Å²) in [6, 6.07) is 0. The van der Waals surface area contributed by atoms with Gasteiger partial charge < -0.3 is 0 Å². The van der Waals surface area contributed by atoms with E-state index >= 15 is 0 Å². The summed E-state index contributed by atoms with van der Waals surface area (Å²) in [6.07, 6.45) is 4.44. The molecule has 1 aromatic rings. The molecule has 16 heavy (non-hydrogen) atoms. The first kappa shape index (κ1) is 14.1. The Bertz CT molecular complexity index is 409. The van der Waals surface area contributed by atoms with Crippen LogP contribution in [0.4, 0.5) is 0 Å². The van der Waals surface area contributed by atoms with E-state index in [1.807, 2.05) is 13.8 Å². The minimum absolute atomic E-state index is 0.148. The Balaban J connectivity index is 2.89. The number of unbranched alkanes of at least 4 members (excludes halogenated alkanes) is 2. The van der Waals surface area contributed by atoms with E-state index in [4.69, 9.17) is 23.2 Å². The van der Waals surface area contributed by atoms with Gasteiger partial charge in [0.1, 0.15) is 9.36 Å². The second-order valence-corrected chi connectivity index (χ2v) is 6.48. The van der Waals surface area contributed by atoms with Gasteiger partial charge in [0.15, 0.2) is 0 Å². The van der Waals surface area contributed by atoms with Gasteiger partial charge in [-0.2, -0.15) is 0 Å². The first-order valence-electron chi connectivity index (χ1n) is 5.48. The van der Waals surface area contributed by atoms with Crippen molar-refractivity contribution in [3.8, 4) is 0 Å². The van der Waals surface area contributed by atoms with E-state index in [9.17, 15) is 4.79 Å². The SMILES string of the molecule is CCCCCC(C)(C)n1sc(Cl)c(Cl)c1=O. The first-order valence-corrected chi connectivity index (χ1v) is 7.01. The molecule has 0 unspecified atom stereocenters. The topological polar surface area (TPSA) is 22.0 Å². The van der Waals surface area contributed by atoms with Crippen LogP contribution in [0.2, 0.25) is 9.36 Å². The first-order chi connectivity index (χ1) is 7.40. The van der Waals surface area contributed by atoms with Gasteiger partial charge in [-0.3, -0.25) is 8.75 Å². The summed E-state index contributed by atoms with van der Waals surface area (Å²) in [5.74, 6) is 0. The average Bonchev–Trinajstić information content (AvgIpc) is 2.47. The monoisotopic (exact) mass is 281 g/mol. The molecule has 0 aliphatic rings. The van der Waals surface area contributed by atoms with Gasteiger partial charge in [0.05, 0.1) is 5.54 Å². The lowest BCUT2D eigenvalue weighted by Crippen LogP contribution is -2.32. The minimum Gasteiger partial charge on any atom is -0.267 e. The van der Waals surface area contributed by atoms with Crippen molar-refractivity contribution in [2.75, 3.05) is 0 Å². The number of hydrogen-bond acceptors (Lipinski definition) is 2. The van der Waals surface area contributed by atoms with Crippen molar-refractivity contribution in [1.29, 1.82) is 0 Å². The van der Waals surface area contributed by atoms with Gasteiger partial charge in [-0.1, -0.05) is 49.4 Å². The fourth-order valence-corrected chi connectivity index (χ4v) is 3.01. The molecule has 0 saturated heterocycles. The molecule has 0 saturated carbocycles. The Hall–Kier alpha value is 0.01000. The number of rotatable bonds is 5. The lowest BCUT2D eigenvalue weighted by atomic mass is 9.97. The molecule has 0 N–H and O–H groups in total. The molecule has 0 fully saturated rings. The zero-order valence-corrected chi connectivity index (χ0v) is 12.2. The maximum absolute atomic E-state index is 11.8. The maximum atomic E-state index is 11.8. The molecule has 0 spiro atoms. The molecule has 0 radical (unpaired) electrons. The van der Waals surface area contributed by atoms with Crippen LogP contribution in [0.5, 0.6) is 0 Å². The summed E-state index contributed by atoms with van der Waals surface area (Å²) >= 11 is 12.9. The predicted molar refractivity (Wildman–Crippen MR) is 72.1 cm³/mol. The highest BCUT2D eigenvalue weighted by Gasteiger charge is 2.25. The predicted octanol–water partition coefficient (Wildman–Crippen LogP) is 4.53. The van der Waals surface area contributed by atoms with E-state index < -0.39 is 0 Å². The van der Waals surface area contributed by atoms with Crippen LogP contribution in [0.25, 0.3) is 0 Å². The maximum Gasteiger partial charge on any atom is 0.281 e. The zero-order chi connectivity index (χ0) is 12.3. The van der Waals surface area contributed by atoms with E-state index in [1.165, 1.54) is 24.4 Å². The number of hydrogen-bond donors (Lipinski definition) is 0. The molecule has 0 aliphatic carbocycles. The molecule has 5 heteroatoms. The number of halogens is 2. The molecule has 92 valence electrons. The summed E-state index contributed by atoms with van der Waals surface area (Å²) < 4.78 is 2.07. The van der Waals surface area contributed by atoms with Gasteiger partial charge in [-0.15, -0.1) is 0 Å². The zero-order valence-electron chi connectivity index (χ0n) is 9.85. The van der Waals surface area contributed by atoms with Gasteiger partial charge in [0.25, 0.3) is 5.56 Å². The molecule has 0 atom stereocenters. The molecule has 1 heterocycles. The van der Waals surface area contributed by atoms with Gasteiger partial charge >= 0.3 is 0 Å². The number of aromatic nitrogens is 1. The normalized spacial score (nSPS) is 12.1. The van der Waals surface area contributed by atoms with Crippen molar-refractivity contribution < 1.29 is 0 Å². The summed E-state index contributed by atoms with van der Waals surface area (Å²) in [7, 11) is 0. The molecule has 1 aromatic heterocycles. The molecule has 0 bridgehead atoms. The third kappa shape index (κ3) is 3.02. The van der Waals surface area contributed by atoms with Gasteiger partial charge in [0.2, 0.25) is 0 Å². The molecule has 2 nitrogen and oxygen atoms in total. The highest BCUT2D eigenvalue weighted by atomic mass is 35.5. The summed E-state index contributed by atoms with van der Waals surface area (Å²) in [5.41, 5.74) is -0.369. The molecule has 0 amide bonds. The molecular weight excluding hydrogens is 265 g/mol. The van der Waals surface area contributed by atoms with Crippen molar-refractivity contribution in [1.82, 2.24) is 3.96 Å². The lowest BCUT2D eigenvalue weighted by Gasteiger charge is -2.24. The van der Waals surface area contributed by atoms with E-state index in [2.05, 4.69) is 6.92 Å². The molecular formula is C11H17Cl2NOS. The van der Waals surface area contributed by atoms with Gasteiger partial charge in [0, 0.05) is 0 Å². The standard InChI is InChI=1S/C11H17Cl2NOS/c1-4-5-6-7-11(2,3)14-10(15)8(12)9(13)16-14/h4-7H2,1-3H3. The smallest absolute Gasteiger partial charge is 0.267 e. The second-order valence-electron chi connectivity index (χ2n) is 4.55. The highest BCUT2D eigenvalue weighted by molar-refractivity contribution is 7.12. The Morgan fingerprint density at radius 3 is 2.38 bits per heavy atom. The molecule has 0 aliphatic heterocycles. The third-order valence-corrected chi connectivity index (χ3v) is 4.82.